The highest BCUT2D eigenvalue weighted by atomic mass is 35.5. The second kappa shape index (κ2) is 7.00. The molecular weight excluding hydrogens is 353 g/mol. The summed E-state index contributed by atoms with van der Waals surface area (Å²) in [7, 11) is 0. The summed E-state index contributed by atoms with van der Waals surface area (Å²) in [4.78, 5) is 4.24. The second-order valence-electron chi connectivity index (χ2n) is 5.37. The van der Waals surface area contributed by atoms with Crippen molar-refractivity contribution >= 4 is 46.3 Å². The van der Waals surface area contributed by atoms with Gasteiger partial charge in [0.2, 0.25) is 0 Å². The fourth-order valence-corrected chi connectivity index (χ4v) is 3.59. The first kappa shape index (κ1) is 16.4. The average Bonchev–Trinajstić information content (AvgIpc) is 2.55. The van der Waals surface area contributed by atoms with Crippen LogP contribution >= 0.6 is 34.8 Å². The molecule has 23 heavy (non-hydrogen) atoms. The Morgan fingerprint density at radius 1 is 0.783 bits per heavy atom. The Kier molecular flexibility index (Phi) is 5.00. The first-order valence-corrected chi connectivity index (χ1v) is 8.48. The molecule has 0 aliphatic carbocycles. The number of amidine groups is 1. The van der Waals surface area contributed by atoms with Gasteiger partial charge in [-0.3, -0.25) is 5.41 Å². The number of hydrogen-bond acceptors (Lipinski definition) is 2. The van der Waals surface area contributed by atoms with Crippen LogP contribution < -0.4 is 4.90 Å². The number of rotatable bonds is 2. The summed E-state index contributed by atoms with van der Waals surface area (Å²) in [6, 6.07) is 13.1. The molecule has 0 aromatic heterocycles. The van der Waals surface area contributed by atoms with Gasteiger partial charge in [-0.25, -0.2) is 0 Å². The minimum absolute atomic E-state index is 0.374. The maximum atomic E-state index is 8.43. The lowest BCUT2D eigenvalue weighted by Crippen LogP contribution is -2.49. The van der Waals surface area contributed by atoms with E-state index < -0.39 is 0 Å². The Balaban J connectivity index is 1.72. The highest BCUT2D eigenvalue weighted by Gasteiger charge is 2.23. The maximum absolute atomic E-state index is 8.43. The van der Waals surface area contributed by atoms with Crippen LogP contribution in [0.4, 0.5) is 5.69 Å². The number of nitrogens with zero attached hydrogens (tertiary/aromatic N) is 2. The third kappa shape index (κ3) is 3.42. The van der Waals surface area contributed by atoms with Gasteiger partial charge in [-0.1, -0.05) is 53.0 Å². The van der Waals surface area contributed by atoms with Crippen LogP contribution in [0.15, 0.2) is 42.5 Å². The number of hydrogen-bond donors (Lipinski definition) is 1. The predicted octanol–water partition coefficient (Wildman–Crippen LogP) is 4.79. The van der Waals surface area contributed by atoms with Crippen molar-refractivity contribution in [1.82, 2.24) is 4.90 Å². The SMILES string of the molecule is N=C(c1c(Cl)cccc1Cl)N1CCN(c2ccccc2Cl)CC1. The molecule has 1 heterocycles. The molecule has 1 aliphatic heterocycles. The van der Waals surface area contributed by atoms with Gasteiger partial charge in [0.15, 0.2) is 0 Å². The number of anilines is 1. The zero-order chi connectivity index (χ0) is 16.4. The summed E-state index contributed by atoms with van der Waals surface area (Å²) in [5.74, 6) is 0.374. The van der Waals surface area contributed by atoms with E-state index in [1.54, 1.807) is 18.2 Å². The lowest BCUT2D eigenvalue weighted by Gasteiger charge is -2.38. The maximum Gasteiger partial charge on any atom is 0.131 e. The number of halogens is 3. The largest absolute Gasteiger partial charge is 0.367 e. The van der Waals surface area contributed by atoms with Crippen molar-refractivity contribution < 1.29 is 0 Å². The summed E-state index contributed by atoms with van der Waals surface area (Å²) >= 11 is 18.7. The van der Waals surface area contributed by atoms with Crippen molar-refractivity contribution in [1.29, 1.82) is 5.41 Å². The second-order valence-corrected chi connectivity index (χ2v) is 6.59. The molecule has 0 spiro atoms. The van der Waals surface area contributed by atoms with E-state index >= 15 is 0 Å². The zero-order valence-electron chi connectivity index (χ0n) is 12.4. The zero-order valence-corrected chi connectivity index (χ0v) is 14.7. The van der Waals surface area contributed by atoms with Crippen molar-refractivity contribution in [3.63, 3.8) is 0 Å². The van der Waals surface area contributed by atoms with Gasteiger partial charge < -0.3 is 9.80 Å². The third-order valence-corrected chi connectivity index (χ3v) is 4.94. The highest BCUT2D eigenvalue weighted by Crippen LogP contribution is 2.28. The summed E-state index contributed by atoms with van der Waals surface area (Å²) < 4.78 is 0. The molecule has 1 aliphatic rings. The topological polar surface area (TPSA) is 30.3 Å². The number of para-hydroxylation sites is 1. The van der Waals surface area contributed by atoms with E-state index in [-0.39, 0.29) is 0 Å². The van der Waals surface area contributed by atoms with Crippen molar-refractivity contribution in [2.24, 2.45) is 0 Å². The molecule has 0 atom stereocenters. The van der Waals surface area contributed by atoms with E-state index in [2.05, 4.69) is 4.90 Å². The lowest BCUT2D eigenvalue weighted by atomic mass is 10.1. The Hall–Kier alpha value is -1.42. The van der Waals surface area contributed by atoms with E-state index in [1.807, 2.05) is 29.2 Å². The summed E-state index contributed by atoms with van der Waals surface area (Å²) in [5.41, 5.74) is 1.64. The molecule has 0 saturated carbocycles. The van der Waals surface area contributed by atoms with Crippen LogP contribution in [0.2, 0.25) is 15.1 Å². The summed E-state index contributed by atoms with van der Waals surface area (Å²) in [6.45, 7) is 3.06. The van der Waals surface area contributed by atoms with Gasteiger partial charge in [-0.15, -0.1) is 0 Å². The molecule has 1 N–H and O–H groups in total. The van der Waals surface area contributed by atoms with Gasteiger partial charge in [0.25, 0.3) is 0 Å². The molecule has 0 amide bonds. The minimum Gasteiger partial charge on any atom is -0.367 e. The Morgan fingerprint density at radius 3 is 1.96 bits per heavy atom. The molecule has 3 nitrogen and oxygen atoms in total. The van der Waals surface area contributed by atoms with Crippen LogP contribution in [0.3, 0.4) is 0 Å². The first-order valence-electron chi connectivity index (χ1n) is 7.35. The van der Waals surface area contributed by atoms with Gasteiger partial charge in [0.05, 0.1) is 26.3 Å². The molecule has 3 rings (SSSR count). The predicted molar refractivity (Wildman–Crippen MR) is 98.5 cm³/mol. The Bertz CT molecular complexity index is 705. The molecule has 0 bridgehead atoms. The molecule has 1 fully saturated rings. The van der Waals surface area contributed by atoms with Gasteiger partial charge in [0, 0.05) is 26.2 Å². The van der Waals surface area contributed by atoms with Gasteiger partial charge in [0.1, 0.15) is 5.84 Å². The van der Waals surface area contributed by atoms with Crippen LogP contribution in [0, 0.1) is 5.41 Å². The van der Waals surface area contributed by atoms with Gasteiger partial charge in [-0.05, 0) is 24.3 Å². The monoisotopic (exact) mass is 367 g/mol. The minimum atomic E-state index is 0.374. The average molecular weight is 369 g/mol. The smallest absolute Gasteiger partial charge is 0.131 e. The van der Waals surface area contributed by atoms with Crippen LogP contribution in [-0.4, -0.2) is 36.9 Å². The number of benzene rings is 2. The normalized spacial score (nSPS) is 14.9. The number of nitrogens with one attached hydrogen (secondary N) is 1. The van der Waals surface area contributed by atoms with Crippen LogP contribution in [0.5, 0.6) is 0 Å². The van der Waals surface area contributed by atoms with Crippen molar-refractivity contribution in [3.8, 4) is 0 Å². The summed E-state index contributed by atoms with van der Waals surface area (Å²) in [5, 5.41) is 10.2. The van der Waals surface area contributed by atoms with E-state index in [0.29, 0.717) is 21.4 Å². The van der Waals surface area contributed by atoms with Crippen LogP contribution in [0.25, 0.3) is 0 Å². The van der Waals surface area contributed by atoms with E-state index in [1.165, 1.54) is 0 Å². The van der Waals surface area contributed by atoms with Crippen molar-refractivity contribution in [3.05, 3.63) is 63.1 Å². The Morgan fingerprint density at radius 2 is 1.35 bits per heavy atom. The molecule has 2 aromatic carbocycles. The molecule has 2 aromatic rings. The molecule has 6 heteroatoms. The lowest BCUT2D eigenvalue weighted by molar-refractivity contribution is 0.384. The molecule has 0 unspecified atom stereocenters. The molecular formula is C17H16Cl3N3. The molecule has 1 saturated heterocycles. The van der Waals surface area contributed by atoms with E-state index in [0.717, 1.165) is 36.9 Å². The van der Waals surface area contributed by atoms with E-state index in [4.69, 9.17) is 40.2 Å². The third-order valence-electron chi connectivity index (χ3n) is 3.99. The first-order chi connectivity index (χ1) is 11.1. The fraction of sp³-hybridized carbons (Fsp3) is 0.235. The Labute approximate surface area is 150 Å². The highest BCUT2D eigenvalue weighted by molar-refractivity contribution is 6.39. The quantitative estimate of drug-likeness (QED) is 0.610. The molecule has 120 valence electrons. The fourth-order valence-electron chi connectivity index (χ4n) is 2.76. The van der Waals surface area contributed by atoms with Crippen LogP contribution in [0.1, 0.15) is 5.56 Å². The summed E-state index contributed by atoms with van der Waals surface area (Å²) in [6.07, 6.45) is 0. The van der Waals surface area contributed by atoms with Crippen molar-refractivity contribution in [2.75, 3.05) is 31.1 Å². The number of piperazine rings is 1. The standard InChI is InChI=1S/C17H16Cl3N3/c18-12-4-1-2-7-15(12)22-8-10-23(11-9-22)17(21)16-13(19)5-3-6-14(16)20/h1-7,21H,8-11H2. The van der Waals surface area contributed by atoms with E-state index in [9.17, 15) is 0 Å². The van der Waals surface area contributed by atoms with Gasteiger partial charge >= 0.3 is 0 Å². The van der Waals surface area contributed by atoms with Crippen LogP contribution in [-0.2, 0) is 0 Å². The van der Waals surface area contributed by atoms with Gasteiger partial charge in [-0.2, -0.15) is 0 Å². The van der Waals surface area contributed by atoms with Crippen molar-refractivity contribution in [2.45, 2.75) is 0 Å². The molecule has 0 radical (unpaired) electrons.